The highest BCUT2D eigenvalue weighted by atomic mass is 35.5. The molecule has 32 heavy (non-hydrogen) atoms. The number of ether oxygens (including phenoxy) is 1. The highest BCUT2D eigenvalue weighted by molar-refractivity contribution is 6.46. The smallest absolute Gasteiger partial charge is 0.296 e. The number of benzene rings is 2. The molecule has 1 aromatic heterocycles. The standard InChI is InChI=1S/C24H18Cl2N2O4/c1-32-19-12-15(7-10-18(19)26)22(29)20-21(14-5-8-16(25)9-6-14)28(24(31)23(20)30)13-17-4-2-3-11-27-17/h2-12,21,29H,13H2,1H3/b22-20-. The van der Waals surface area contributed by atoms with Gasteiger partial charge in [-0.1, -0.05) is 41.4 Å². The molecule has 3 aromatic rings. The van der Waals surface area contributed by atoms with E-state index in [1.54, 1.807) is 60.8 Å². The number of carbonyl (C=O) groups is 2. The van der Waals surface area contributed by atoms with Crippen molar-refractivity contribution in [2.75, 3.05) is 7.11 Å². The minimum absolute atomic E-state index is 0.0300. The summed E-state index contributed by atoms with van der Waals surface area (Å²) in [6, 6.07) is 15.9. The first-order chi connectivity index (χ1) is 15.4. The van der Waals surface area contributed by atoms with Crippen molar-refractivity contribution in [1.82, 2.24) is 9.88 Å². The number of Topliss-reactive ketones (excluding diaryl/α,β-unsaturated/α-hetero) is 1. The number of aliphatic hydroxyl groups excluding tert-OH is 1. The Labute approximate surface area is 194 Å². The molecule has 162 valence electrons. The Bertz CT molecular complexity index is 1210. The molecule has 1 N–H and O–H groups in total. The van der Waals surface area contributed by atoms with E-state index in [4.69, 9.17) is 27.9 Å². The fourth-order valence-corrected chi connectivity index (χ4v) is 3.98. The molecule has 1 aliphatic heterocycles. The summed E-state index contributed by atoms with van der Waals surface area (Å²) in [5.74, 6) is -1.49. The van der Waals surface area contributed by atoms with Crippen molar-refractivity contribution in [3.8, 4) is 5.75 Å². The van der Waals surface area contributed by atoms with Crippen LogP contribution < -0.4 is 4.74 Å². The third-order valence-electron chi connectivity index (χ3n) is 5.21. The molecule has 0 radical (unpaired) electrons. The summed E-state index contributed by atoms with van der Waals surface area (Å²) < 4.78 is 5.22. The molecule has 0 saturated carbocycles. The van der Waals surface area contributed by atoms with Crippen molar-refractivity contribution < 1.29 is 19.4 Å². The molecule has 2 heterocycles. The molecule has 1 fully saturated rings. The number of pyridine rings is 1. The zero-order chi connectivity index (χ0) is 22.8. The average Bonchev–Trinajstić information content (AvgIpc) is 3.05. The molecule has 0 spiro atoms. The van der Waals surface area contributed by atoms with Crippen molar-refractivity contribution in [2.45, 2.75) is 12.6 Å². The number of hydrogen-bond acceptors (Lipinski definition) is 5. The number of halogens is 2. The van der Waals surface area contributed by atoms with Crippen LogP contribution in [-0.4, -0.2) is 33.8 Å². The van der Waals surface area contributed by atoms with Crippen molar-refractivity contribution in [3.05, 3.63) is 99.3 Å². The van der Waals surface area contributed by atoms with E-state index < -0.39 is 17.7 Å². The summed E-state index contributed by atoms with van der Waals surface area (Å²) in [5.41, 5.74) is 1.52. The number of rotatable bonds is 5. The summed E-state index contributed by atoms with van der Waals surface area (Å²) in [6.45, 7) is 0.0967. The van der Waals surface area contributed by atoms with Gasteiger partial charge in [-0.2, -0.15) is 0 Å². The summed E-state index contributed by atoms with van der Waals surface area (Å²) in [6.07, 6.45) is 1.61. The van der Waals surface area contributed by atoms with Gasteiger partial charge >= 0.3 is 0 Å². The van der Waals surface area contributed by atoms with E-state index in [1.807, 2.05) is 0 Å². The van der Waals surface area contributed by atoms with Gasteiger partial charge in [0.25, 0.3) is 11.7 Å². The minimum atomic E-state index is -0.823. The lowest BCUT2D eigenvalue weighted by Gasteiger charge is -2.25. The first-order valence-electron chi connectivity index (χ1n) is 9.68. The highest BCUT2D eigenvalue weighted by Gasteiger charge is 2.46. The normalized spacial score (nSPS) is 17.6. The second-order valence-corrected chi connectivity index (χ2v) is 7.99. The highest BCUT2D eigenvalue weighted by Crippen LogP contribution is 2.41. The molecule has 1 aliphatic rings. The first-order valence-corrected chi connectivity index (χ1v) is 10.4. The number of amides is 1. The predicted octanol–water partition coefficient (Wildman–Crippen LogP) is 5.02. The molecular weight excluding hydrogens is 451 g/mol. The maximum absolute atomic E-state index is 13.1. The van der Waals surface area contributed by atoms with Crippen LogP contribution >= 0.6 is 23.2 Å². The average molecular weight is 469 g/mol. The monoisotopic (exact) mass is 468 g/mol. The number of ketones is 1. The second-order valence-electron chi connectivity index (χ2n) is 7.15. The zero-order valence-corrected chi connectivity index (χ0v) is 18.5. The van der Waals surface area contributed by atoms with Crippen LogP contribution in [0.15, 0.2) is 72.4 Å². The van der Waals surface area contributed by atoms with E-state index in [0.717, 1.165) is 0 Å². The van der Waals surface area contributed by atoms with Crippen molar-refractivity contribution >= 4 is 40.7 Å². The van der Waals surface area contributed by atoms with Gasteiger partial charge in [0.2, 0.25) is 0 Å². The van der Waals surface area contributed by atoms with Crippen LogP contribution in [-0.2, 0) is 16.1 Å². The maximum Gasteiger partial charge on any atom is 0.296 e. The van der Waals surface area contributed by atoms with Crippen LogP contribution in [0.5, 0.6) is 5.75 Å². The Balaban J connectivity index is 1.87. The molecule has 4 rings (SSSR count). The largest absolute Gasteiger partial charge is 0.507 e. The van der Waals surface area contributed by atoms with Gasteiger partial charge in [-0.3, -0.25) is 14.6 Å². The fourth-order valence-electron chi connectivity index (χ4n) is 3.66. The minimum Gasteiger partial charge on any atom is -0.507 e. The summed E-state index contributed by atoms with van der Waals surface area (Å²) in [5, 5.41) is 12.0. The van der Waals surface area contributed by atoms with Gasteiger partial charge in [-0.15, -0.1) is 0 Å². The molecule has 1 amide bonds. The van der Waals surface area contributed by atoms with Crippen LogP contribution in [0.1, 0.15) is 22.9 Å². The van der Waals surface area contributed by atoms with E-state index in [9.17, 15) is 14.7 Å². The van der Waals surface area contributed by atoms with Crippen LogP contribution in [0.2, 0.25) is 10.0 Å². The molecule has 1 atom stereocenters. The topological polar surface area (TPSA) is 79.7 Å². The van der Waals surface area contributed by atoms with Gasteiger partial charge in [0.05, 0.1) is 36.0 Å². The zero-order valence-electron chi connectivity index (χ0n) is 17.0. The number of likely N-dealkylation sites (tertiary alicyclic amines) is 1. The van der Waals surface area contributed by atoms with Crippen LogP contribution in [0.3, 0.4) is 0 Å². The van der Waals surface area contributed by atoms with Gasteiger partial charge in [0.15, 0.2) is 0 Å². The molecule has 0 aliphatic carbocycles. The third-order valence-corrected chi connectivity index (χ3v) is 5.77. The maximum atomic E-state index is 13.1. The van der Waals surface area contributed by atoms with Gasteiger partial charge in [-0.05, 0) is 48.0 Å². The Morgan fingerprint density at radius 2 is 1.84 bits per heavy atom. The van der Waals surface area contributed by atoms with Crippen molar-refractivity contribution in [2.24, 2.45) is 0 Å². The van der Waals surface area contributed by atoms with Crippen LogP contribution in [0.25, 0.3) is 5.76 Å². The lowest BCUT2D eigenvalue weighted by molar-refractivity contribution is -0.140. The Kier molecular flexibility index (Phi) is 6.17. The van der Waals surface area contributed by atoms with Crippen molar-refractivity contribution in [3.63, 3.8) is 0 Å². The molecule has 1 saturated heterocycles. The van der Waals surface area contributed by atoms with E-state index in [0.29, 0.717) is 32.6 Å². The molecule has 6 nitrogen and oxygen atoms in total. The summed E-state index contributed by atoms with van der Waals surface area (Å²) in [4.78, 5) is 31.8. The Hall–Kier alpha value is -3.35. The lowest BCUT2D eigenvalue weighted by atomic mass is 9.95. The van der Waals surface area contributed by atoms with Crippen LogP contribution in [0, 0.1) is 0 Å². The second kappa shape index (κ2) is 9.02. The molecule has 1 unspecified atom stereocenters. The van der Waals surface area contributed by atoms with Gasteiger partial charge < -0.3 is 14.7 Å². The van der Waals surface area contributed by atoms with Gasteiger partial charge in [-0.25, -0.2) is 0 Å². The Morgan fingerprint density at radius 1 is 1.09 bits per heavy atom. The number of aromatic nitrogens is 1. The Morgan fingerprint density at radius 3 is 2.50 bits per heavy atom. The van der Waals surface area contributed by atoms with Gasteiger partial charge in [0, 0.05) is 16.8 Å². The van der Waals surface area contributed by atoms with Crippen LogP contribution in [0.4, 0.5) is 0 Å². The number of nitrogens with zero attached hydrogens (tertiary/aromatic N) is 2. The summed E-state index contributed by atoms with van der Waals surface area (Å²) in [7, 11) is 1.45. The van der Waals surface area contributed by atoms with E-state index >= 15 is 0 Å². The molecule has 2 aromatic carbocycles. The SMILES string of the molecule is COc1cc(/C(O)=C2/C(=O)C(=O)N(Cc3ccccn3)C2c2ccc(Cl)cc2)ccc1Cl. The van der Waals surface area contributed by atoms with E-state index in [-0.39, 0.29) is 17.9 Å². The first kappa shape index (κ1) is 21.9. The number of methoxy groups -OCH3 is 1. The fraction of sp³-hybridized carbons (Fsp3) is 0.125. The van der Waals surface area contributed by atoms with E-state index in [2.05, 4.69) is 4.98 Å². The van der Waals surface area contributed by atoms with Crippen molar-refractivity contribution in [1.29, 1.82) is 0 Å². The number of aliphatic hydroxyl groups is 1. The quantitative estimate of drug-likeness (QED) is 0.323. The lowest BCUT2D eigenvalue weighted by Crippen LogP contribution is -2.29. The summed E-state index contributed by atoms with van der Waals surface area (Å²) >= 11 is 12.1. The molecule has 0 bridgehead atoms. The molecular formula is C24H18Cl2N2O4. The number of hydrogen-bond donors (Lipinski definition) is 1. The third kappa shape index (κ3) is 4.07. The number of carbonyl (C=O) groups excluding carboxylic acids is 2. The molecule has 8 heteroatoms. The van der Waals surface area contributed by atoms with Gasteiger partial charge in [0.1, 0.15) is 11.5 Å². The van der Waals surface area contributed by atoms with E-state index in [1.165, 1.54) is 18.1 Å². The predicted molar refractivity (Wildman–Crippen MR) is 122 cm³/mol.